The first-order valence-corrected chi connectivity index (χ1v) is 15.2. The van der Waals surface area contributed by atoms with Gasteiger partial charge >= 0.3 is 0 Å². The second kappa shape index (κ2) is 26.4. The van der Waals surface area contributed by atoms with Gasteiger partial charge < -0.3 is 25.7 Å². The summed E-state index contributed by atoms with van der Waals surface area (Å²) in [7, 11) is 0. The van der Waals surface area contributed by atoms with Gasteiger partial charge in [-0.25, -0.2) is 0 Å². The third-order valence-electron chi connectivity index (χ3n) is 6.88. The number of hydrogen-bond acceptors (Lipinski definition) is 5. The lowest BCUT2D eigenvalue weighted by atomic mass is 10.00. The molecule has 0 aliphatic carbocycles. The SMILES string of the molecule is CCCC/C=C\CCCCCC(O)C(=O)NC(CO)C(O)C(O)CCC/C=C/CCCCCCCCC. The molecule has 6 nitrogen and oxygen atoms in total. The average molecular weight is 526 g/mol. The number of allylic oxidation sites excluding steroid dienone is 4. The fourth-order valence-corrected chi connectivity index (χ4v) is 4.32. The number of aliphatic hydroxyl groups is 4. The van der Waals surface area contributed by atoms with E-state index in [1.807, 2.05) is 0 Å². The Bertz CT molecular complexity index is 566. The van der Waals surface area contributed by atoms with E-state index in [-0.39, 0.29) is 0 Å². The number of rotatable bonds is 26. The third kappa shape index (κ3) is 21.4. The van der Waals surface area contributed by atoms with E-state index < -0.39 is 36.9 Å². The molecule has 0 aromatic heterocycles. The zero-order chi connectivity index (χ0) is 27.6. The smallest absolute Gasteiger partial charge is 0.249 e. The number of carbonyl (C=O) groups excluding carboxylic acids is 1. The number of hydrogen-bond donors (Lipinski definition) is 5. The van der Waals surface area contributed by atoms with Gasteiger partial charge in [-0.15, -0.1) is 0 Å². The number of amides is 1. The van der Waals surface area contributed by atoms with Crippen LogP contribution in [-0.4, -0.2) is 57.3 Å². The summed E-state index contributed by atoms with van der Waals surface area (Å²) in [6.45, 7) is 3.91. The monoisotopic (exact) mass is 525 g/mol. The zero-order valence-corrected chi connectivity index (χ0v) is 24.0. The Morgan fingerprint density at radius 1 is 0.649 bits per heavy atom. The molecular weight excluding hydrogens is 466 g/mol. The number of carbonyl (C=O) groups is 1. The topological polar surface area (TPSA) is 110 Å². The van der Waals surface area contributed by atoms with Crippen molar-refractivity contribution in [3.63, 3.8) is 0 Å². The Balaban J connectivity index is 4.00. The molecule has 0 heterocycles. The molecule has 4 atom stereocenters. The van der Waals surface area contributed by atoms with Crippen molar-refractivity contribution in [2.75, 3.05) is 6.61 Å². The summed E-state index contributed by atoms with van der Waals surface area (Å²) < 4.78 is 0. The molecule has 0 bridgehead atoms. The molecular formula is C31H59NO5. The lowest BCUT2D eigenvalue weighted by Crippen LogP contribution is -2.53. The van der Waals surface area contributed by atoms with Crippen LogP contribution in [0.4, 0.5) is 0 Å². The van der Waals surface area contributed by atoms with Crippen LogP contribution in [0.5, 0.6) is 0 Å². The molecule has 0 aliphatic rings. The minimum absolute atomic E-state index is 0.341. The summed E-state index contributed by atoms with van der Waals surface area (Å²) in [5.41, 5.74) is 0. The molecule has 5 N–H and O–H groups in total. The lowest BCUT2D eigenvalue weighted by Gasteiger charge is -2.27. The molecule has 0 saturated carbocycles. The molecule has 0 aromatic carbocycles. The lowest BCUT2D eigenvalue weighted by molar-refractivity contribution is -0.132. The van der Waals surface area contributed by atoms with Crippen LogP contribution in [0.2, 0.25) is 0 Å². The van der Waals surface area contributed by atoms with E-state index in [4.69, 9.17) is 0 Å². The van der Waals surface area contributed by atoms with Crippen LogP contribution in [0.25, 0.3) is 0 Å². The Morgan fingerprint density at radius 2 is 1.14 bits per heavy atom. The Kier molecular flexibility index (Phi) is 25.5. The maximum absolute atomic E-state index is 12.3. The Labute approximate surface area is 227 Å². The van der Waals surface area contributed by atoms with E-state index in [1.54, 1.807) is 0 Å². The molecule has 0 saturated heterocycles. The Hall–Kier alpha value is -1.21. The minimum atomic E-state index is -1.28. The van der Waals surface area contributed by atoms with Gasteiger partial charge in [-0.3, -0.25) is 4.79 Å². The maximum atomic E-state index is 12.3. The minimum Gasteiger partial charge on any atom is -0.394 e. The first kappa shape index (κ1) is 35.8. The van der Waals surface area contributed by atoms with Gasteiger partial charge in [-0.05, 0) is 57.8 Å². The van der Waals surface area contributed by atoms with Crippen LogP contribution in [0.1, 0.15) is 136 Å². The molecule has 0 aromatic rings. The van der Waals surface area contributed by atoms with Gasteiger partial charge in [0.15, 0.2) is 0 Å². The highest BCUT2D eigenvalue weighted by Gasteiger charge is 2.28. The zero-order valence-electron chi connectivity index (χ0n) is 24.0. The first-order valence-electron chi connectivity index (χ1n) is 15.2. The second-order valence-electron chi connectivity index (χ2n) is 10.4. The van der Waals surface area contributed by atoms with Crippen molar-refractivity contribution in [3.8, 4) is 0 Å². The molecule has 0 fully saturated rings. The highest BCUT2D eigenvalue weighted by atomic mass is 16.3. The van der Waals surface area contributed by atoms with E-state index >= 15 is 0 Å². The van der Waals surface area contributed by atoms with Gasteiger partial charge in [0, 0.05) is 0 Å². The third-order valence-corrected chi connectivity index (χ3v) is 6.88. The van der Waals surface area contributed by atoms with Crippen LogP contribution in [0.15, 0.2) is 24.3 Å². The molecule has 1 amide bonds. The number of nitrogens with one attached hydrogen (secondary N) is 1. The van der Waals surface area contributed by atoms with Gasteiger partial charge in [0.2, 0.25) is 5.91 Å². The van der Waals surface area contributed by atoms with Crippen LogP contribution in [0.3, 0.4) is 0 Å². The summed E-state index contributed by atoms with van der Waals surface area (Å²) in [5, 5.41) is 43.0. The van der Waals surface area contributed by atoms with Gasteiger partial charge in [-0.2, -0.15) is 0 Å². The van der Waals surface area contributed by atoms with E-state index in [9.17, 15) is 25.2 Å². The molecule has 0 rings (SSSR count). The highest BCUT2D eigenvalue weighted by Crippen LogP contribution is 2.12. The van der Waals surface area contributed by atoms with Crippen molar-refractivity contribution in [2.24, 2.45) is 0 Å². The number of aliphatic hydroxyl groups excluding tert-OH is 4. The molecule has 0 aliphatic heterocycles. The summed E-state index contributed by atoms with van der Waals surface area (Å²) in [6, 6.07) is -1.00. The molecule has 0 radical (unpaired) electrons. The van der Waals surface area contributed by atoms with E-state index in [2.05, 4.69) is 43.5 Å². The molecule has 4 unspecified atom stereocenters. The Morgan fingerprint density at radius 3 is 1.70 bits per heavy atom. The first-order chi connectivity index (χ1) is 18.0. The quantitative estimate of drug-likeness (QED) is 0.0691. The van der Waals surface area contributed by atoms with E-state index in [0.717, 1.165) is 44.9 Å². The molecule has 0 spiro atoms. The average Bonchev–Trinajstić information content (AvgIpc) is 2.90. The fraction of sp³-hybridized carbons (Fsp3) is 0.839. The highest BCUT2D eigenvalue weighted by molar-refractivity contribution is 5.80. The predicted octanol–water partition coefficient (Wildman–Crippen LogP) is 6.11. The summed E-state index contributed by atoms with van der Waals surface area (Å²) >= 11 is 0. The fourth-order valence-electron chi connectivity index (χ4n) is 4.32. The van der Waals surface area contributed by atoms with Crippen LogP contribution in [-0.2, 0) is 4.79 Å². The van der Waals surface area contributed by atoms with Crippen molar-refractivity contribution in [1.29, 1.82) is 0 Å². The van der Waals surface area contributed by atoms with Crippen molar-refractivity contribution >= 4 is 5.91 Å². The van der Waals surface area contributed by atoms with Crippen molar-refractivity contribution < 1.29 is 25.2 Å². The van der Waals surface area contributed by atoms with Gasteiger partial charge in [0.25, 0.3) is 0 Å². The molecule has 218 valence electrons. The van der Waals surface area contributed by atoms with Crippen LogP contribution >= 0.6 is 0 Å². The van der Waals surface area contributed by atoms with Crippen LogP contribution in [0, 0.1) is 0 Å². The summed E-state index contributed by atoms with van der Waals surface area (Å²) in [5.74, 6) is -0.613. The van der Waals surface area contributed by atoms with Crippen LogP contribution < -0.4 is 5.32 Å². The molecule has 37 heavy (non-hydrogen) atoms. The molecule has 6 heteroatoms. The van der Waals surface area contributed by atoms with Crippen molar-refractivity contribution in [1.82, 2.24) is 5.32 Å². The normalized spacial score (nSPS) is 15.3. The summed E-state index contributed by atoms with van der Waals surface area (Å²) in [4.78, 5) is 12.3. The number of unbranched alkanes of at least 4 members (excludes halogenated alkanes) is 13. The van der Waals surface area contributed by atoms with Gasteiger partial charge in [0.05, 0.1) is 18.8 Å². The van der Waals surface area contributed by atoms with Crippen molar-refractivity contribution in [3.05, 3.63) is 24.3 Å². The second-order valence-corrected chi connectivity index (χ2v) is 10.4. The van der Waals surface area contributed by atoms with E-state index in [1.165, 1.54) is 57.8 Å². The van der Waals surface area contributed by atoms with E-state index in [0.29, 0.717) is 19.3 Å². The summed E-state index contributed by atoms with van der Waals surface area (Å²) in [6.07, 6.45) is 24.9. The van der Waals surface area contributed by atoms with Gasteiger partial charge in [0.1, 0.15) is 12.2 Å². The largest absolute Gasteiger partial charge is 0.394 e. The van der Waals surface area contributed by atoms with Crippen molar-refractivity contribution in [2.45, 2.75) is 160 Å². The predicted molar refractivity (Wildman–Crippen MR) is 154 cm³/mol. The maximum Gasteiger partial charge on any atom is 0.249 e. The van der Waals surface area contributed by atoms with Gasteiger partial charge in [-0.1, -0.05) is 102 Å². The standard InChI is InChI=1S/C31H59NO5/c1-3-5-7-9-11-13-14-15-17-18-20-22-24-28(34)30(36)27(26-33)32-31(37)29(35)25-23-21-19-16-12-10-8-6-4-2/h10,12,17-18,27-30,33-36H,3-9,11,13-16,19-26H2,1-2H3,(H,32,37)/b12-10-,18-17+.